The van der Waals surface area contributed by atoms with E-state index in [-0.39, 0.29) is 5.91 Å². The Morgan fingerprint density at radius 3 is 2.74 bits per heavy atom. The highest BCUT2D eigenvalue weighted by Crippen LogP contribution is 2.18. The molecule has 0 unspecified atom stereocenters. The third kappa shape index (κ3) is 5.67. The number of tetrazole rings is 1. The summed E-state index contributed by atoms with van der Waals surface area (Å²) < 4.78 is 1.65. The predicted octanol–water partition coefficient (Wildman–Crippen LogP) is 2.76. The lowest BCUT2D eigenvalue weighted by Gasteiger charge is -2.06. The molecule has 1 heterocycles. The van der Waals surface area contributed by atoms with E-state index >= 15 is 0 Å². The van der Waals surface area contributed by atoms with Crippen molar-refractivity contribution in [2.45, 2.75) is 44.7 Å². The predicted molar refractivity (Wildman–Crippen MR) is 91.8 cm³/mol. The number of nitrogens with zero attached hydrogens (tertiary/aromatic N) is 4. The van der Waals surface area contributed by atoms with Crippen LogP contribution in [0.3, 0.4) is 0 Å². The Morgan fingerprint density at radius 2 is 2.00 bits per heavy atom. The Hall–Kier alpha value is -1.89. The Labute approximate surface area is 141 Å². The van der Waals surface area contributed by atoms with Gasteiger partial charge in [-0.15, -0.1) is 5.10 Å². The van der Waals surface area contributed by atoms with Gasteiger partial charge in [0.1, 0.15) is 0 Å². The third-order valence-corrected chi connectivity index (χ3v) is 4.32. The third-order valence-electron chi connectivity index (χ3n) is 3.40. The van der Waals surface area contributed by atoms with E-state index in [1.807, 2.05) is 31.2 Å². The fourth-order valence-electron chi connectivity index (χ4n) is 2.08. The van der Waals surface area contributed by atoms with E-state index < -0.39 is 0 Å². The Kier molecular flexibility index (Phi) is 7.06. The summed E-state index contributed by atoms with van der Waals surface area (Å²) in [6, 6.07) is 7.94. The molecule has 23 heavy (non-hydrogen) atoms. The molecule has 0 bridgehead atoms. The van der Waals surface area contributed by atoms with Crippen molar-refractivity contribution in [2.75, 3.05) is 12.3 Å². The number of carbonyl (C=O) groups is 1. The van der Waals surface area contributed by atoms with Gasteiger partial charge in [-0.3, -0.25) is 4.79 Å². The first-order valence-corrected chi connectivity index (χ1v) is 8.94. The first-order chi connectivity index (χ1) is 11.2. The van der Waals surface area contributed by atoms with Gasteiger partial charge in [0.2, 0.25) is 11.1 Å². The lowest BCUT2D eigenvalue weighted by Crippen LogP contribution is -2.26. The maximum Gasteiger partial charge on any atom is 0.230 e. The van der Waals surface area contributed by atoms with Gasteiger partial charge in [-0.25, -0.2) is 0 Å². The van der Waals surface area contributed by atoms with Crippen LogP contribution >= 0.6 is 11.8 Å². The lowest BCUT2D eigenvalue weighted by molar-refractivity contribution is -0.118. The number of thioether (sulfide) groups is 1. The summed E-state index contributed by atoms with van der Waals surface area (Å²) in [5.41, 5.74) is 2.07. The summed E-state index contributed by atoms with van der Waals surface area (Å²) in [5.74, 6) is 0.338. The van der Waals surface area contributed by atoms with Crippen molar-refractivity contribution < 1.29 is 4.79 Å². The number of amides is 1. The van der Waals surface area contributed by atoms with Crippen molar-refractivity contribution in [1.29, 1.82) is 0 Å². The number of unbranched alkanes of at least 4 members (excludes halogenated alkanes) is 3. The molecule has 7 heteroatoms. The van der Waals surface area contributed by atoms with Gasteiger partial charge in [-0.05, 0) is 35.9 Å². The highest BCUT2D eigenvalue weighted by atomic mass is 32.2. The second-order valence-electron chi connectivity index (χ2n) is 5.41. The average Bonchev–Trinajstić information content (AvgIpc) is 3.02. The van der Waals surface area contributed by atoms with Gasteiger partial charge in [0.15, 0.2) is 0 Å². The van der Waals surface area contributed by atoms with Gasteiger partial charge in [-0.1, -0.05) is 55.6 Å². The van der Waals surface area contributed by atoms with Crippen LogP contribution in [-0.2, 0) is 4.79 Å². The van der Waals surface area contributed by atoms with E-state index in [0.29, 0.717) is 10.9 Å². The van der Waals surface area contributed by atoms with Gasteiger partial charge in [0, 0.05) is 6.54 Å². The topological polar surface area (TPSA) is 72.7 Å². The average molecular weight is 333 g/mol. The summed E-state index contributed by atoms with van der Waals surface area (Å²) >= 11 is 1.34. The zero-order chi connectivity index (χ0) is 16.5. The van der Waals surface area contributed by atoms with Gasteiger partial charge in [0.05, 0.1) is 11.4 Å². The zero-order valence-corrected chi connectivity index (χ0v) is 14.5. The number of nitrogens with one attached hydrogen (secondary N) is 1. The van der Waals surface area contributed by atoms with Crippen LogP contribution in [-0.4, -0.2) is 38.4 Å². The van der Waals surface area contributed by atoms with E-state index in [2.05, 4.69) is 27.8 Å². The van der Waals surface area contributed by atoms with E-state index in [4.69, 9.17) is 0 Å². The van der Waals surface area contributed by atoms with Gasteiger partial charge in [-0.2, -0.15) is 4.68 Å². The summed E-state index contributed by atoms with van der Waals surface area (Å²) in [4.78, 5) is 11.9. The van der Waals surface area contributed by atoms with E-state index in [1.54, 1.807) is 4.68 Å². The number of aryl methyl sites for hydroxylation is 1. The fourth-order valence-corrected chi connectivity index (χ4v) is 2.80. The number of carbonyl (C=O) groups excluding carboxylic acids is 1. The minimum absolute atomic E-state index is 0.0185. The molecule has 124 valence electrons. The molecule has 6 nitrogen and oxygen atoms in total. The number of rotatable bonds is 9. The monoisotopic (exact) mass is 333 g/mol. The van der Waals surface area contributed by atoms with Crippen molar-refractivity contribution in [3.63, 3.8) is 0 Å². The molecule has 0 fully saturated rings. The molecule has 0 aliphatic carbocycles. The SMILES string of the molecule is CCCCCCNC(=O)CSc1nnnn1-c1ccc(C)cc1. The van der Waals surface area contributed by atoms with Crippen molar-refractivity contribution in [3.05, 3.63) is 29.8 Å². The fraction of sp³-hybridized carbons (Fsp3) is 0.500. The molecule has 0 saturated heterocycles. The molecule has 0 aliphatic rings. The molecule has 1 aromatic carbocycles. The number of benzene rings is 1. The van der Waals surface area contributed by atoms with Crippen molar-refractivity contribution >= 4 is 17.7 Å². The summed E-state index contributed by atoms with van der Waals surface area (Å²) in [6.07, 6.45) is 4.61. The van der Waals surface area contributed by atoms with E-state index in [9.17, 15) is 4.79 Å². The molecule has 1 aromatic heterocycles. The smallest absolute Gasteiger partial charge is 0.230 e. The molecule has 0 spiro atoms. The zero-order valence-electron chi connectivity index (χ0n) is 13.7. The molecule has 0 atom stereocenters. The maximum absolute atomic E-state index is 11.9. The molecule has 0 saturated carbocycles. The molecule has 1 N–H and O–H groups in total. The summed E-state index contributed by atoms with van der Waals surface area (Å²) in [5, 5.41) is 15.2. The van der Waals surface area contributed by atoms with Crippen molar-refractivity contribution in [2.24, 2.45) is 0 Å². The Bertz CT molecular complexity index is 611. The molecular weight excluding hydrogens is 310 g/mol. The van der Waals surface area contributed by atoms with E-state index in [1.165, 1.54) is 30.2 Å². The van der Waals surface area contributed by atoms with Gasteiger partial charge in [0.25, 0.3) is 0 Å². The minimum atomic E-state index is 0.0185. The minimum Gasteiger partial charge on any atom is -0.355 e. The van der Waals surface area contributed by atoms with Crippen molar-refractivity contribution in [1.82, 2.24) is 25.5 Å². The van der Waals surface area contributed by atoms with Crippen LogP contribution in [0.4, 0.5) is 0 Å². The lowest BCUT2D eigenvalue weighted by atomic mass is 10.2. The van der Waals surface area contributed by atoms with Crippen LogP contribution in [0.2, 0.25) is 0 Å². The quantitative estimate of drug-likeness (QED) is 0.564. The van der Waals surface area contributed by atoms with E-state index in [0.717, 1.165) is 25.1 Å². The molecule has 1 amide bonds. The number of aromatic nitrogens is 4. The first kappa shape index (κ1) is 17.5. The van der Waals surface area contributed by atoms with Crippen LogP contribution in [0.15, 0.2) is 29.4 Å². The molecular formula is C16H23N5OS. The molecule has 0 radical (unpaired) electrons. The highest BCUT2D eigenvalue weighted by Gasteiger charge is 2.11. The summed E-state index contributed by atoms with van der Waals surface area (Å²) in [6.45, 7) is 4.94. The van der Waals surface area contributed by atoms with Crippen LogP contribution < -0.4 is 5.32 Å². The van der Waals surface area contributed by atoms with Crippen LogP contribution in [0, 0.1) is 6.92 Å². The molecule has 2 aromatic rings. The van der Waals surface area contributed by atoms with Crippen molar-refractivity contribution in [3.8, 4) is 5.69 Å². The first-order valence-electron chi connectivity index (χ1n) is 7.95. The van der Waals surface area contributed by atoms with Crippen LogP contribution in [0.1, 0.15) is 38.2 Å². The largest absolute Gasteiger partial charge is 0.355 e. The second kappa shape index (κ2) is 9.29. The summed E-state index contributed by atoms with van der Waals surface area (Å²) in [7, 11) is 0. The Balaban J connectivity index is 1.81. The molecule has 2 rings (SSSR count). The van der Waals surface area contributed by atoms with Gasteiger partial charge < -0.3 is 5.32 Å². The number of hydrogen-bond acceptors (Lipinski definition) is 5. The van der Waals surface area contributed by atoms with Gasteiger partial charge >= 0.3 is 0 Å². The molecule has 0 aliphatic heterocycles. The highest BCUT2D eigenvalue weighted by molar-refractivity contribution is 7.99. The standard InChI is InChI=1S/C16H23N5OS/c1-3-4-5-6-11-17-15(22)12-23-16-18-19-20-21(16)14-9-7-13(2)8-10-14/h7-10H,3-6,11-12H2,1-2H3,(H,17,22). The number of hydrogen-bond donors (Lipinski definition) is 1. The maximum atomic E-state index is 11.9. The van der Waals surface area contributed by atoms with Crippen LogP contribution in [0.5, 0.6) is 0 Å². The second-order valence-corrected chi connectivity index (χ2v) is 6.35. The normalized spacial score (nSPS) is 10.7. The Morgan fingerprint density at radius 1 is 1.22 bits per heavy atom. The van der Waals surface area contributed by atoms with Crippen LogP contribution in [0.25, 0.3) is 5.69 Å².